The molecule has 2 unspecified atom stereocenters. The molecule has 0 spiro atoms. The fraction of sp³-hybridized carbons (Fsp3) is 0.400. The van der Waals surface area contributed by atoms with Crippen molar-refractivity contribution in [2.24, 2.45) is 11.3 Å². The number of nitrogens with one attached hydrogen (secondary N) is 3. The standard InChI is InChI=1S/C30H35Cl2F2N3O4/c1-18(2)25(26(39)30(33,34)28(41)35-17-29(3,4)5)37-27(40)23(16-19-9-7-6-8-10-19)36-24(38)14-12-20-11-13-21(31)22(32)15-20/h6-15,18,23,25H,16-17H2,1-5H3,(H,35,41)(H,36,38)(H,37,40). The van der Waals surface area contributed by atoms with Gasteiger partial charge < -0.3 is 16.0 Å². The first-order chi connectivity index (χ1) is 19.0. The Morgan fingerprint density at radius 3 is 2.12 bits per heavy atom. The quantitative estimate of drug-likeness (QED) is 0.226. The molecule has 2 aromatic rings. The van der Waals surface area contributed by atoms with E-state index in [1.54, 1.807) is 69.3 Å². The summed E-state index contributed by atoms with van der Waals surface area (Å²) in [4.78, 5) is 51.2. The van der Waals surface area contributed by atoms with Gasteiger partial charge in [0.2, 0.25) is 17.6 Å². The highest BCUT2D eigenvalue weighted by atomic mass is 35.5. The van der Waals surface area contributed by atoms with E-state index in [0.29, 0.717) is 21.2 Å². The molecule has 0 aromatic heterocycles. The van der Waals surface area contributed by atoms with E-state index in [2.05, 4.69) is 16.0 Å². The molecular weight excluding hydrogens is 575 g/mol. The summed E-state index contributed by atoms with van der Waals surface area (Å²) in [5.74, 6) is -10.1. The van der Waals surface area contributed by atoms with Gasteiger partial charge >= 0.3 is 5.92 Å². The van der Waals surface area contributed by atoms with Crippen LogP contribution >= 0.6 is 23.2 Å². The molecule has 41 heavy (non-hydrogen) atoms. The molecule has 2 aromatic carbocycles. The summed E-state index contributed by atoms with van der Waals surface area (Å²) in [5.41, 5.74) is 0.772. The van der Waals surface area contributed by atoms with Gasteiger partial charge in [-0.05, 0) is 40.7 Å². The van der Waals surface area contributed by atoms with Crippen molar-refractivity contribution in [3.63, 3.8) is 0 Å². The minimum atomic E-state index is -4.38. The van der Waals surface area contributed by atoms with Crippen molar-refractivity contribution in [1.82, 2.24) is 16.0 Å². The summed E-state index contributed by atoms with van der Waals surface area (Å²) in [5, 5.41) is 7.66. The van der Waals surface area contributed by atoms with Crippen LogP contribution in [0.3, 0.4) is 0 Å². The average Bonchev–Trinajstić information content (AvgIpc) is 2.90. The first-order valence-electron chi connectivity index (χ1n) is 13.0. The zero-order chi connectivity index (χ0) is 31.0. The van der Waals surface area contributed by atoms with E-state index in [1.807, 2.05) is 0 Å². The van der Waals surface area contributed by atoms with Crippen molar-refractivity contribution >= 4 is 52.8 Å². The summed E-state index contributed by atoms with van der Waals surface area (Å²) in [7, 11) is 0. The molecule has 0 saturated carbocycles. The number of benzene rings is 2. The fourth-order valence-electron chi connectivity index (χ4n) is 3.62. The second-order valence-electron chi connectivity index (χ2n) is 11.2. The van der Waals surface area contributed by atoms with Gasteiger partial charge in [0.05, 0.1) is 16.1 Å². The van der Waals surface area contributed by atoms with Crippen molar-refractivity contribution in [1.29, 1.82) is 0 Å². The summed E-state index contributed by atoms with van der Waals surface area (Å²) in [6.45, 7) is 8.09. The Labute approximate surface area is 249 Å². The molecule has 7 nitrogen and oxygen atoms in total. The Balaban J connectivity index is 2.25. The van der Waals surface area contributed by atoms with Crippen LogP contribution in [-0.4, -0.2) is 48.1 Å². The van der Waals surface area contributed by atoms with Crippen LogP contribution in [0.25, 0.3) is 6.08 Å². The van der Waals surface area contributed by atoms with Crippen molar-refractivity contribution in [3.05, 3.63) is 75.8 Å². The number of alkyl halides is 2. The van der Waals surface area contributed by atoms with Crippen molar-refractivity contribution in [2.75, 3.05) is 6.54 Å². The lowest BCUT2D eigenvalue weighted by Gasteiger charge is -2.28. The Kier molecular flexibility index (Phi) is 12.0. The Bertz CT molecular complexity index is 1280. The van der Waals surface area contributed by atoms with Crippen molar-refractivity contribution in [2.45, 2.75) is 59.0 Å². The van der Waals surface area contributed by atoms with Crippen LogP contribution in [0.2, 0.25) is 10.0 Å². The van der Waals surface area contributed by atoms with E-state index in [1.165, 1.54) is 26.0 Å². The van der Waals surface area contributed by atoms with Gasteiger partial charge in [0, 0.05) is 19.0 Å². The Hall–Kier alpha value is -3.30. The molecule has 11 heteroatoms. The minimum absolute atomic E-state index is 0.0144. The minimum Gasteiger partial charge on any atom is -0.350 e. The molecule has 0 saturated heterocycles. The Morgan fingerprint density at radius 1 is 0.927 bits per heavy atom. The van der Waals surface area contributed by atoms with Crippen LogP contribution in [0.4, 0.5) is 8.78 Å². The van der Waals surface area contributed by atoms with E-state index in [0.717, 1.165) is 0 Å². The first-order valence-corrected chi connectivity index (χ1v) is 13.7. The van der Waals surface area contributed by atoms with Gasteiger partial charge in [0.1, 0.15) is 6.04 Å². The maximum atomic E-state index is 14.9. The lowest BCUT2D eigenvalue weighted by Crippen LogP contribution is -2.59. The zero-order valence-electron chi connectivity index (χ0n) is 23.6. The molecule has 3 N–H and O–H groups in total. The van der Waals surface area contributed by atoms with Gasteiger partial charge in [0.25, 0.3) is 5.91 Å². The third kappa shape index (κ3) is 10.6. The number of hydrogen-bond donors (Lipinski definition) is 3. The first kappa shape index (κ1) is 33.9. The normalized spacial score (nSPS) is 13.5. The van der Waals surface area contributed by atoms with Crippen LogP contribution in [0.5, 0.6) is 0 Å². The van der Waals surface area contributed by atoms with Gasteiger partial charge in [-0.25, -0.2) is 0 Å². The van der Waals surface area contributed by atoms with Crippen LogP contribution in [0.1, 0.15) is 45.7 Å². The topological polar surface area (TPSA) is 104 Å². The van der Waals surface area contributed by atoms with E-state index in [4.69, 9.17) is 23.2 Å². The molecule has 0 aliphatic heterocycles. The number of rotatable bonds is 12. The molecule has 2 rings (SSSR count). The number of carbonyl (C=O) groups excluding carboxylic acids is 4. The fourth-order valence-corrected chi connectivity index (χ4v) is 3.93. The smallest absolute Gasteiger partial charge is 0.350 e. The molecule has 0 bridgehead atoms. The van der Waals surface area contributed by atoms with Crippen LogP contribution in [0.15, 0.2) is 54.6 Å². The third-order valence-electron chi connectivity index (χ3n) is 5.91. The second kappa shape index (κ2) is 14.5. The highest BCUT2D eigenvalue weighted by Crippen LogP contribution is 2.24. The Morgan fingerprint density at radius 2 is 1.56 bits per heavy atom. The number of carbonyl (C=O) groups is 4. The average molecular weight is 611 g/mol. The SMILES string of the molecule is CC(C)C(NC(=O)C(Cc1ccccc1)NC(=O)C=Cc1ccc(Cl)c(Cl)c1)C(=O)C(F)(F)C(=O)NCC(C)(C)C. The van der Waals surface area contributed by atoms with Gasteiger partial charge in [0.15, 0.2) is 0 Å². The van der Waals surface area contributed by atoms with Gasteiger partial charge in [-0.2, -0.15) is 8.78 Å². The third-order valence-corrected chi connectivity index (χ3v) is 6.65. The zero-order valence-corrected chi connectivity index (χ0v) is 25.1. The number of amides is 3. The summed E-state index contributed by atoms with van der Waals surface area (Å²) < 4.78 is 29.8. The predicted octanol–water partition coefficient (Wildman–Crippen LogP) is 5.24. The van der Waals surface area contributed by atoms with Crippen LogP contribution in [0, 0.1) is 11.3 Å². The summed E-state index contributed by atoms with van der Waals surface area (Å²) in [6, 6.07) is 10.6. The number of Topliss-reactive ketones (excluding diaryl/α,β-unsaturated/α-hetero) is 1. The number of hydrogen-bond acceptors (Lipinski definition) is 4. The number of ketones is 1. The van der Waals surface area contributed by atoms with E-state index < -0.39 is 52.8 Å². The summed E-state index contributed by atoms with van der Waals surface area (Å²) >= 11 is 11.9. The molecular formula is C30H35Cl2F2N3O4. The second-order valence-corrected chi connectivity index (χ2v) is 12.0. The van der Waals surface area contributed by atoms with E-state index >= 15 is 0 Å². The summed E-state index contributed by atoms with van der Waals surface area (Å²) in [6.07, 6.45) is 2.66. The molecule has 0 aliphatic carbocycles. The van der Waals surface area contributed by atoms with Crippen LogP contribution in [-0.2, 0) is 25.6 Å². The molecule has 0 fully saturated rings. The largest absolute Gasteiger partial charge is 0.383 e. The molecule has 3 amide bonds. The van der Waals surface area contributed by atoms with Gasteiger partial charge in [-0.1, -0.05) is 94.2 Å². The maximum absolute atomic E-state index is 14.9. The number of halogens is 4. The lowest BCUT2D eigenvalue weighted by molar-refractivity contribution is -0.161. The van der Waals surface area contributed by atoms with Crippen molar-refractivity contribution in [3.8, 4) is 0 Å². The highest BCUT2D eigenvalue weighted by molar-refractivity contribution is 6.42. The maximum Gasteiger partial charge on any atom is 0.383 e. The van der Waals surface area contributed by atoms with Crippen LogP contribution < -0.4 is 16.0 Å². The molecule has 0 aliphatic rings. The lowest BCUT2D eigenvalue weighted by atomic mass is 9.93. The molecule has 0 radical (unpaired) electrons. The molecule has 2 atom stereocenters. The monoisotopic (exact) mass is 609 g/mol. The van der Waals surface area contributed by atoms with Gasteiger partial charge in [-0.3, -0.25) is 19.2 Å². The van der Waals surface area contributed by atoms with E-state index in [-0.39, 0.29) is 13.0 Å². The molecule has 222 valence electrons. The highest BCUT2D eigenvalue weighted by Gasteiger charge is 2.51. The molecule has 0 heterocycles. The van der Waals surface area contributed by atoms with Gasteiger partial charge in [-0.15, -0.1) is 0 Å². The predicted molar refractivity (Wildman–Crippen MR) is 157 cm³/mol. The van der Waals surface area contributed by atoms with Crippen molar-refractivity contribution < 1.29 is 28.0 Å². The van der Waals surface area contributed by atoms with E-state index in [9.17, 15) is 28.0 Å².